The van der Waals surface area contributed by atoms with Crippen molar-refractivity contribution in [1.29, 1.82) is 0 Å². The van der Waals surface area contributed by atoms with E-state index < -0.39 is 5.60 Å². The highest BCUT2D eigenvalue weighted by molar-refractivity contribution is 5.84. The largest absolute Gasteiger partial charge is 0.478 e. The number of hydrogen-bond donors (Lipinski definition) is 1. The number of hydrogen-bond acceptors (Lipinski definition) is 2. The monoisotopic (exact) mass is 287 g/mol. The fourth-order valence-corrected chi connectivity index (χ4v) is 1.83. The molecule has 0 aliphatic rings. The minimum Gasteiger partial charge on any atom is -0.478 e. The number of nitrogens with one attached hydrogen (secondary N) is 1. The lowest BCUT2D eigenvalue weighted by atomic mass is 10.1. The van der Waals surface area contributed by atoms with Gasteiger partial charge in [0, 0.05) is 6.54 Å². The highest BCUT2D eigenvalue weighted by Gasteiger charge is 2.29. The van der Waals surface area contributed by atoms with Crippen molar-refractivity contribution >= 4 is 5.91 Å². The minimum absolute atomic E-state index is 0.226. The first-order valence-corrected chi connectivity index (χ1v) is 6.74. The van der Waals surface area contributed by atoms with E-state index in [1.165, 1.54) is 24.3 Å². The van der Waals surface area contributed by atoms with E-state index in [9.17, 15) is 9.18 Å². The number of rotatable bonds is 5. The molecule has 0 saturated carbocycles. The molecule has 0 spiro atoms. The molecule has 0 atom stereocenters. The van der Waals surface area contributed by atoms with Crippen LogP contribution in [-0.2, 0) is 11.3 Å². The van der Waals surface area contributed by atoms with Crippen LogP contribution >= 0.6 is 0 Å². The Labute approximate surface area is 123 Å². The van der Waals surface area contributed by atoms with Crippen LogP contribution in [0, 0.1) is 5.82 Å². The maximum Gasteiger partial charge on any atom is 0.263 e. The molecule has 3 nitrogen and oxygen atoms in total. The van der Waals surface area contributed by atoms with Crippen LogP contribution in [0.15, 0.2) is 54.6 Å². The molecule has 2 aromatic rings. The quantitative estimate of drug-likeness (QED) is 0.916. The van der Waals surface area contributed by atoms with Gasteiger partial charge in [0.15, 0.2) is 5.60 Å². The van der Waals surface area contributed by atoms with Crippen molar-refractivity contribution in [2.45, 2.75) is 26.0 Å². The Morgan fingerprint density at radius 2 is 1.71 bits per heavy atom. The van der Waals surface area contributed by atoms with Crippen molar-refractivity contribution in [3.05, 3.63) is 66.0 Å². The van der Waals surface area contributed by atoms with Crippen LogP contribution in [0.4, 0.5) is 4.39 Å². The lowest BCUT2D eigenvalue weighted by Crippen LogP contribution is -2.46. The van der Waals surface area contributed by atoms with Gasteiger partial charge in [0.05, 0.1) is 0 Å². The Kier molecular flexibility index (Phi) is 4.58. The Balaban J connectivity index is 1.95. The lowest BCUT2D eigenvalue weighted by Gasteiger charge is -2.25. The maximum absolute atomic E-state index is 12.9. The standard InChI is InChI=1S/C17H18FNO2/c1-17(2,21-15-10-8-14(18)9-11-15)16(20)19-12-13-6-4-3-5-7-13/h3-11H,12H2,1-2H3,(H,19,20). The van der Waals surface area contributed by atoms with Crippen LogP contribution in [0.25, 0.3) is 0 Å². The van der Waals surface area contributed by atoms with Gasteiger partial charge in [-0.2, -0.15) is 0 Å². The third-order valence-electron chi connectivity index (χ3n) is 3.03. The molecule has 0 aliphatic carbocycles. The molecule has 0 radical (unpaired) electrons. The number of ether oxygens (including phenoxy) is 1. The molecule has 2 aromatic carbocycles. The first kappa shape index (κ1) is 15.0. The van der Waals surface area contributed by atoms with Gasteiger partial charge in [0.25, 0.3) is 5.91 Å². The van der Waals surface area contributed by atoms with E-state index in [-0.39, 0.29) is 11.7 Å². The predicted molar refractivity (Wildman–Crippen MR) is 79.4 cm³/mol. The van der Waals surface area contributed by atoms with Gasteiger partial charge in [-0.25, -0.2) is 4.39 Å². The highest BCUT2D eigenvalue weighted by Crippen LogP contribution is 2.19. The summed E-state index contributed by atoms with van der Waals surface area (Å²) in [5.74, 6) is -0.111. The van der Waals surface area contributed by atoms with Crippen LogP contribution in [0.1, 0.15) is 19.4 Å². The van der Waals surface area contributed by atoms with E-state index in [0.29, 0.717) is 12.3 Å². The van der Waals surface area contributed by atoms with Crippen molar-refractivity contribution in [3.8, 4) is 5.75 Å². The average Bonchev–Trinajstić information content (AvgIpc) is 2.48. The zero-order valence-corrected chi connectivity index (χ0v) is 12.1. The number of benzene rings is 2. The third-order valence-corrected chi connectivity index (χ3v) is 3.03. The second-order valence-corrected chi connectivity index (χ2v) is 5.23. The Morgan fingerprint density at radius 3 is 2.33 bits per heavy atom. The fourth-order valence-electron chi connectivity index (χ4n) is 1.83. The van der Waals surface area contributed by atoms with Gasteiger partial charge in [-0.05, 0) is 43.7 Å². The van der Waals surface area contributed by atoms with E-state index in [1.54, 1.807) is 13.8 Å². The number of halogens is 1. The van der Waals surface area contributed by atoms with Gasteiger partial charge in [-0.1, -0.05) is 30.3 Å². The van der Waals surface area contributed by atoms with Gasteiger partial charge in [0.2, 0.25) is 0 Å². The van der Waals surface area contributed by atoms with Crippen molar-refractivity contribution in [2.24, 2.45) is 0 Å². The summed E-state index contributed by atoms with van der Waals surface area (Å²) in [4.78, 5) is 12.2. The molecule has 0 heterocycles. The predicted octanol–water partition coefficient (Wildman–Crippen LogP) is 3.30. The molecule has 110 valence electrons. The minimum atomic E-state index is -1.04. The first-order valence-electron chi connectivity index (χ1n) is 6.74. The van der Waals surface area contributed by atoms with Crippen molar-refractivity contribution in [3.63, 3.8) is 0 Å². The summed E-state index contributed by atoms with van der Waals surface area (Å²) in [6.45, 7) is 3.79. The van der Waals surface area contributed by atoms with Crippen LogP contribution in [-0.4, -0.2) is 11.5 Å². The van der Waals surface area contributed by atoms with Gasteiger partial charge >= 0.3 is 0 Å². The molecule has 1 amide bonds. The summed E-state index contributed by atoms with van der Waals surface area (Å²) in [7, 11) is 0. The zero-order valence-electron chi connectivity index (χ0n) is 12.1. The van der Waals surface area contributed by atoms with Gasteiger partial charge in [-0.3, -0.25) is 4.79 Å². The van der Waals surface area contributed by atoms with Crippen molar-refractivity contribution in [2.75, 3.05) is 0 Å². The van der Waals surface area contributed by atoms with E-state index in [2.05, 4.69) is 5.32 Å². The molecule has 0 bridgehead atoms. The Hall–Kier alpha value is -2.36. The Bertz CT molecular complexity index is 594. The normalized spacial score (nSPS) is 11.0. The molecular formula is C17H18FNO2. The van der Waals surface area contributed by atoms with Crippen LogP contribution in [0.3, 0.4) is 0 Å². The number of carbonyl (C=O) groups is 1. The summed E-state index contributed by atoms with van der Waals surface area (Å²) >= 11 is 0. The summed E-state index contributed by atoms with van der Waals surface area (Å²) in [6, 6.07) is 15.2. The van der Waals surface area contributed by atoms with E-state index in [4.69, 9.17) is 4.74 Å². The number of amides is 1. The summed E-state index contributed by atoms with van der Waals surface area (Å²) in [5, 5.41) is 2.83. The lowest BCUT2D eigenvalue weighted by molar-refractivity contribution is -0.134. The molecule has 2 rings (SSSR count). The number of carbonyl (C=O) groups excluding carboxylic acids is 1. The van der Waals surface area contributed by atoms with Crippen molar-refractivity contribution < 1.29 is 13.9 Å². The SMILES string of the molecule is CC(C)(Oc1ccc(F)cc1)C(=O)NCc1ccccc1. The molecule has 0 aromatic heterocycles. The summed E-state index contributed by atoms with van der Waals surface area (Å²) < 4.78 is 18.5. The third kappa shape index (κ3) is 4.31. The molecule has 21 heavy (non-hydrogen) atoms. The van der Waals surface area contributed by atoms with E-state index in [0.717, 1.165) is 5.56 Å². The Morgan fingerprint density at radius 1 is 1.10 bits per heavy atom. The molecular weight excluding hydrogens is 269 g/mol. The second-order valence-electron chi connectivity index (χ2n) is 5.23. The first-order chi connectivity index (χ1) is 9.97. The smallest absolute Gasteiger partial charge is 0.263 e. The van der Waals surface area contributed by atoms with E-state index >= 15 is 0 Å². The summed E-state index contributed by atoms with van der Waals surface area (Å²) in [6.07, 6.45) is 0. The second kappa shape index (κ2) is 6.39. The van der Waals surface area contributed by atoms with E-state index in [1.807, 2.05) is 30.3 Å². The van der Waals surface area contributed by atoms with Crippen LogP contribution < -0.4 is 10.1 Å². The molecule has 0 fully saturated rings. The topological polar surface area (TPSA) is 38.3 Å². The molecule has 0 unspecified atom stereocenters. The highest BCUT2D eigenvalue weighted by atomic mass is 19.1. The van der Waals surface area contributed by atoms with Gasteiger partial charge in [-0.15, -0.1) is 0 Å². The zero-order chi connectivity index (χ0) is 15.3. The molecule has 4 heteroatoms. The van der Waals surface area contributed by atoms with Gasteiger partial charge < -0.3 is 10.1 Å². The molecule has 0 aliphatic heterocycles. The molecule has 1 N–H and O–H groups in total. The average molecular weight is 287 g/mol. The maximum atomic E-state index is 12.9. The fraction of sp³-hybridized carbons (Fsp3) is 0.235. The molecule has 0 saturated heterocycles. The van der Waals surface area contributed by atoms with Gasteiger partial charge in [0.1, 0.15) is 11.6 Å². The van der Waals surface area contributed by atoms with Crippen LogP contribution in [0.2, 0.25) is 0 Å². The van der Waals surface area contributed by atoms with Crippen LogP contribution in [0.5, 0.6) is 5.75 Å². The summed E-state index contributed by atoms with van der Waals surface area (Å²) in [5.41, 5.74) is -0.0180. The van der Waals surface area contributed by atoms with Crippen molar-refractivity contribution in [1.82, 2.24) is 5.32 Å².